The largest absolute Gasteiger partial charge is 0.298 e. The Morgan fingerprint density at radius 3 is 2.67 bits per heavy atom. The molecule has 2 atom stereocenters. The standard InChI is InChI=1S/C10H17NS/c1-5-10(3,4)11-9-6-7-12-8(9)2/h1,8-9,11H,6-7H2,2-4H3. The summed E-state index contributed by atoms with van der Waals surface area (Å²) in [5.74, 6) is 4.03. The molecule has 0 radical (unpaired) electrons. The Hall–Kier alpha value is -0.130. The van der Waals surface area contributed by atoms with E-state index in [1.807, 2.05) is 11.8 Å². The van der Waals surface area contributed by atoms with Gasteiger partial charge in [0.2, 0.25) is 0 Å². The highest BCUT2D eigenvalue weighted by Gasteiger charge is 2.28. The number of terminal acetylenes is 1. The van der Waals surface area contributed by atoms with Crippen molar-refractivity contribution in [2.75, 3.05) is 5.75 Å². The molecular formula is C10H17NS. The maximum Gasteiger partial charge on any atom is 0.0743 e. The van der Waals surface area contributed by atoms with Gasteiger partial charge in [-0.15, -0.1) is 6.42 Å². The van der Waals surface area contributed by atoms with Crippen molar-refractivity contribution in [2.24, 2.45) is 0 Å². The highest BCUT2D eigenvalue weighted by molar-refractivity contribution is 8.00. The lowest BCUT2D eigenvalue weighted by atomic mass is 10.0. The quantitative estimate of drug-likeness (QED) is 0.656. The maximum atomic E-state index is 5.41. The Kier molecular flexibility index (Phi) is 3.09. The van der Waals surface area contributed by atoms with Crippen LogP contribution in [0.15, 0.2) is 0 Å². The molecule has 1 nitrogen and oxygen atoms in total. The van der Waals surface area contributed by atoms with Gasteiger partial charge in [-0.05, 0) is 26.0 Å². The zero-order valence-corrected chi connectivity index (χ0v) is 8.87. The fraction of sp³-hybridized carbons (Fsp3) is 0.800. The van der Waals surface area contributed by atoms with Gasteiger partial charge in [0.05, 0.1) is 5.54 Å². The van der Waals surface area contributed by atoms with Crippen molar-refractivity contribution in [3.05, 3.63) is 0 Å². The number of thioether (sulfide) groups is 1. The second-order valence-corrected chi connectivity index (χ2v) is 5.37. The van der Waals surface area contributed by atoms with Crippen molar-refractivity contribution in [3.63, 3.8) is 0 Å². The fourth-order valence-corrected chi connectivity index (χ4v) is 2.62. The van der Waals surface area contributed by atoms with Crippen molar-refractivity contribution in [3.8, 4) is 12.3 Å². The molecule has 68 valence electrons. The van der Waals surface area contributed by atoms with Crippen LogP contribution in [0.25, 0.3) is 0 Å². The summed E-state index contributed by atoms with van der Waals surface area (Å²) in [5, 5.41) is 4.20. The number of nitrogens with one attached hydrogen (secondary N) is 1. The Morgan fingerprint density at radius 2 is 2.25 bits per heavy atom. The molecule has 1 fully saturated rings. The van der Waals surface area contributed by atoms with Gasteiger partial charge in [-0.25, -0.2) is 0 Å². The molecule has 1 heterocycles. The Bertz CT molecular complexity index is 193. The van der Waals surface area contributed by atoms with E-state index in [0.717, 1.165) is 0 Å². The lowest BCUT2D eigenvalue weighted by Gasteiger charge is -2.26. The molecule has 12 heavy (non-hydrogen) atoms. The summed E-state index contributed by atoms with van der Waals surface area (Å²) in [6, 6.07) is 0.598. The molecule has 0 spiro atoms. The minimum Gasteiger partial charge on any atom is -0.298 e. The van der Waals surface area contributed by atoms with Crippen LogP contribution in [0, 0.1) is 12.3 Å². The van der Waals surface area contributed by atoms with E-state index in [4.69, 9.17) is 6.42 Å². The molecule has 0 aliphatic carbocycles. The van der Waals surface area contributed by atoms with Crippen LogP contribution in [-0.2, 0) is 0 Å². The van der Waals surface area contributed by atoms with Gasteiger partial charge in [0.1, 0.15) is 0 Å². The van der Waals surface area contributed by atoms with Gasteiger partial charge in [-0.2, -0.15) is 11.8 Å². The van der Waals surface area contributed by atoms with E-state index in [0.29, 0.717) is 11.3 Å². The summed E-state index contributed by atoms with van der Waals surface area (Å²) in [6.07, 6.45) is 6.66. The SMILES string of the molecule is C#CC(C)(C)NC1CCSC1C. The number of rotatable bonds is 2. The van der Waals surface area contributed by atoms with E-state index in [1.54, 1.807) is 0 Å². The Balaban J connectivity index is 2.46. The Morgan fingerprint density at radius 1 is 1.58 bits per heavy atom. The van der Waals surface area contributed by atoms with Gasteiger partial charge in [-0.1, -0.05) is 12.8 Å². The highest BCUT2D eigenvalue weighted by Crippen LogP contribution is 2.27. The molecule has 0 saturated carbocycles. The fourth-order valence-electron chi connectivity index (χ4n) is 1.43. The third-order valence-electron chi connectivity index (χ3n) is 2.28. The van der Waals surface area contributed by atoms with E-state index in [-0.39, 0.29) is 5.54 Å². The van der Waals surface area contributed by atoms with E-state index in [1.165, 1.54) is 12.2 Å². The normalized spacial score (nSPS) is 30.2. The first-order valence-electron chi connectivity index (χ1n) is 4.42. The van der Waals surface area contributed by atoms with Crippen LogP contribution in [0.4, 0.5) is 0 Å². The second-order valence-electron chi connectivity index (χ2n) is 3.88. The van der Waals surface area contributed by atoms with Crippen LogP contribution in [0.2, 0.25) is 0 Å². The molecule has 1 aliphatic rings. The van der Waals surface area contributed by atoms with E-state index in [2.05, 4.69) is 32.0 Å². The molecule has 2 heteroatoms. The molecule has 0 bridgehead atoms. The van der Waals surface area contributed by atoms with Gasteiger partial charge in [0.25, 0.3) is 0 Å². The average molecular weight is 183 g/mol. The van der Waals surface area contributed by atoms with Crippen molar-refractivity contribution in [2.45, 2.75) is 44.0 Å². The zero-order chi connectivity index (χ0) is 9.19. The third-order valence-corrected chi connectivity index (χ3v) is 3.61. The minimum absolute atomic E-state index is 0.149. The zero-order valence-electron chi connectivity index (χ0n) is 8.05. The van der Waals surface area contributed by atoms with E-state index >= 15 is 0 Å². The van der Waals surface area contributed by atoms with Gasteiger partial charge < -0.3 is 0 Å². The van der Waals surface area contributed by atoms with E-state index < -0.39 is 0 Å². The molecule has 0 aromatic heterocycles. The predicted octanol–water partition coefficient (Wildman–Crippen LogP) is 1.88. The third kappa shape index (κ3) is 2.43. The van der Waals surface area contributed by atoms with Crippen LogP contribution in [0.3, 0.4) is 0 Å². The number of hydrogen-bond acceptors (Lipinski definition) is 2. The molecule has 0 aromatic rings. The molecule has 1 saturated heterocycles. The summed E-state index contributed by atoms with van der Waals surface area (Å²) in [6.45, 7) is 6.38. The van der Waals surface area contributed by atoms with Gasteiger partial charge >= 0.3 is 0 Å². The first-order chi connectivity index (χ1) is 5.55. The van der Waals surface area contributed by atoms with E-state index in [9.17, 15) is 0 Å². The van der Waals surface area contributed by atoms with Gasteiger partial charge in [0.15, 0.2) is 0 Å². The Labute approximate surface area is 79.7 Å². The lowest BCUT2D eigenvalue weighted by Crippen LogP contribution is -2.47. The summed E-state index contributed by atoms with van der Waals surface area (Å²) in [4.78, 5) is 0. The first kappa shape index (κ1) is 9.95. The molecule has 1 aliphatic heterocycles. The van der Waals surface area contributed by atoms with Crippen LogP contribution in [0.5, 0.6) is 0 Å². The molecule has 0 aromatic carbocycles. The summed E-state index contributed by atoms with van der Waals surface area (Å²) < 4.78 is 0. The molecule has 1 N–H and O–H groups in total. The van der Waals surface area contributed by atoms with Crippen molar-refractivity contribution in [1.29, 1.82) is 0 Å². The van der Waals surface area contributed by atoms with Crippen LogP contribution in [0.1, 0.15) is 27.2 Å². The van der Waals surface area contributed by atoms with Crippen molar-refractivity contribution in [1.82, 2.24) is 5.32 Å². The molecule has 0 amide bonds. The monoisotopic (exact) mass is 183 g/mol. The maximum absolute atomic E-state index is 5.41. The summed E-state index contributed by atoms with van der Waals surface area (Å²) >= 11 is 2.03. The lowest BCUT2D eigenvalue weighted by molar-refractivity contribution is 0.403. The van der Waals surface area contributed by atoms with Crippen LogP contribution < -0.4 is 5.32 Å². The molecular weight excluding hydrogens is 166 g/mol. The topological polar surface area (TPSA) is 12.0 Å². The van der Waals surface area contributed by atoms with Crippen molar-refractivity contribution < 1.29 is 0 Å². The molecule has 2 unspecified atom stereocenters. The smallest absolute Gasteiger partial charge is 0.0743 e. The van der Waals surface area contributed by atoms with Gasteiger partial charge in [0, 0.05) is 11.3 Å². The first-order valence-corrected chi connectivity index (χ1v) is 5.47. The second kappa shape index (κ2) is 3.72. The summed E-state index contributed by atoms with van der Waals surface area (Å²) in [7, 11) is 0. The minimum atomic E-state index is -0.149. The van der Waals surface area contributed by atoms with Crippen LogP contribution >= 0.6 is 11.8 Å². The number of hydrogen-bond donors (Lipinski definition) is 1. The highest BCUT2D eigenvalue weighted by atomic mass is 32.2. The average Bonchev–Trinajstić information content (AvgIpc) is 2.36. The summed E-state index contributed by atoms with van der Waals surface area (Å²) in [5.41, 5.74) is -0.149. The van der Waals surface area contributed by atoms with Crippen molar-refractivity contribution >= 4 is 11.8 Å². The van der Waals surface area contributed by atoms with Crippen LogP contribution in [-0.4, -0.2) is 22.6 Å². The molecule has 1 rings (SSSR count). The van der Waals surface area contributed by atoms with Gasteiger partial charge in [-0.3, -0.25) is 5.32 Å². The predicted molar refractivity (Wildman–Crippen MR) is 56.4 cm³/mol.